The number of hydrogen-bond donors (Lipinski definition) is 1. The van der Waals surface area contributed by atoms with Crippen LogP contribution < -0.4 is 5.32 Å². The number of ether oxygens (including phenoxy) is 1. The molecule has 0 aromatic carbocycles. The first kappa shape index (κ1) is 19.2. The predicted octanol–water partition coefficient (Wildman–Crippen LogP) is 3.27. The molecule has 1 unspecified atom stereocenters. The summed E-state index contributed by atoms with van der Waals surface area (Å²) in [5, 5.41) is 3.30. The van der Waals surface area contributed by atoms with Crippen LogP contribution in [0.3, 0.4) is 0 Å². The first-order chi connectivity index (χ1) is 12.9. The summed E-state index contributed by atoms with van der Waals surface area (Å²) in [5.41, 5.74) is 0.474. The third-order valence-corrected chi connectivity index (χ3v) is 7.96. The SMILES string of the molecule is CCOC(=O)C1CCC2(C1)CC(N1CCC(C(=O)NC3(C)CCC3)CC1)C2. The highest BCUT2D eigenvalue weighted by atomic mass is 16.5. The van der Waals surface area contributed by atoms with Crippen LogP contribution in [0, 0.1) is 17.3 Å². The molecule has 0 bridgehead atoms. The van der Waals surface area contributed by atoms with Gasteiger partial charge in [-0.3, -0.25) is 9.59 Å². The zero-order chi connectivity index (χ0) is 19.1. The lowest BCUT2D eigenvalue weighted by Crippen LogP contribution is -2.56. The van der Waals surface area contributed by atoms with Crippen LogP contribution in [0.15, 0.2) is 0 Å². The fourth-order valence-corrected chi connectivity index (χ4v) is 6.00. The van der Waals surface area contributed by atoms with Gasteiger partial charge in [-0.25, -0.2) is 0 Å². The number of piperidine rings is 1. The van der Waals surface area contributed by atoms with E-state index in [1.807, 2.05) is 6.92 Å². The van der Waals surface area contributed by atoms with Crippen LogP contribution >= 0.6 is 0 Å². The van der Waals surface area contributed by atoms with Gasteiger partial charge in [-0.15, -0.1) is 0 Å². The van der Waals surface area contributed by atoms with Gasteiger partial charge in [-0.1, -0.05) is 0 Å². The fourth-order valence-electron chi connectivity index (χ4n) is 6.00. The van der Waals surface area contributed by atoms with E-state index in [0.717, 1.165) is 51.6 Å². The Balaban J connectivity index is 1.19. The number of nitrogens with zero attached hydrogens (tertiary/aromatic N) is 1. The second kappa shape index (κ2) is 7.38. The highest BCUT2D eigenvalue weighted by Gasteiger charge is 2.52. The van der Waals surface area contributed by atoms with Gasteiger partial charge in [0.1, 0.15) is 0 Å². The molecule has 4 fully saturated rings. The molecule has 1 spiro atoms. The van der Waals surface area contributed by atoms with Crippen molar-refractivity contribution in [1.82, 2.24) is 10.2 Å². The molecule has 5 heteroatoms. The Labute approximate surface area is 163 Å². The van der Waals surface area contributed by atoms with Crippen molar-refractivity contribution in [3.8, 4) is 0 Å². The van der Waals surface area contributed by atoms with Gasteiger partial charge in [0.2, 0.25) is 5.91 Å². The molecule has 0 aromatic heterocycles. The lowest BCUT2D eigenvalue weighted by Gasteiger charge is -2.52. The quantitative estimate of drug-likeness (QED) is 0.748. The summed E-state index contributed by atoms with van der Waals surface area (Å²) >= 11 is 0. The Morgan fingerprint density at radius 3 is 2.33 bits per heavy atom. The van der Waals surface area contributed by atoms with Crippen molar-refractivity contribution in [1.29, 1.82) is 0 Å². The van der Waals surface area contributed by atoms with Gasteiger partial charge in [-0.2, -0.15) is 0 Å². The minimum atomic E-state index is 0.0183. The monoisotopic (exact) mass is 376 g/mol. The molecule has 152 valence electrons. The van der Waals surface area contributed by atoms with E-state index < -0.39 is 0 Å². The van der Waals surface area contributed by atoms with Gasteiger partial charge in [0.25, 0.3) is 0 Å². The standard InChI is InChI=1S/C22H36N2O3/c1-3-27-20(26)17-5-10-22(13-17)14-18(15-22)24-11-6-16(7-12-24)19(25)23-21(2)8-4-9-21/h16-18H,3-15H2,1-2H3,(H,23,25). The molecule has 1 N–H and O–H groups in total. The fraction of sp³-hybridized carbons (Fsp3) is 0.909. The Morgan fingerprint density at radius 2 is 1.74 bits per heavy atom. The normalized spacial score (nSPS) is 36.1. The van der Waals surface area contributed by atoms with Crippen LogP contribution in [-0.2, 0) is 14.3 Å². The summed E-state index contributed by atoms with van der Waals surface area (Å²) in [5.74, 6) is 0.639. The molecule has 0 radical (unpaired) electrons. The molecule has 1 aliphatic heterocycles. The molecule has 5 nitrogen and oxygen atoms in total. The number of carbonyl (C=O) groups is 2. The van der Waals surface area contributed by atoms with Crippen LogP contribution in [-0.4, -0.2) is 48.1 Å². The smallest absolute Gasteiger partial charge is 0.308 e. The van der Waals surface area contributed by atoms with Crippen molar-refractivity contribution in [2.24, 2.45) is 17.3 Å². The molecule has 0 aromatic rings. The summed E-state index contributed by atoms with van der Waals surface area (Å²) in [7, 11) is 0. The Hall–Kier alpha value is -1.10. The summed E-state index contributed by atoms with van der Waals surface area (Å²) in [4.78, 5) is 27.2. The number of rotatable bonds is 5. The van der Waals surface area contributed by atoms with Crippen molar-refractivity contribution in [3.63, 3.8) is 0 Å². The second-order valence-corrected chi connectivity index (χ2v) is 9.97. The van der Waals surface area contributed by atoms with Crippen LogP contribution in [0.25, 0.3) is 0 Å². The maximum atomic E-state index is 12.6. The molecule has 3 aliphatic carbocycles. The summed E-state index contributed by atoms with van der Waals surface area (Å²) in [6.45, 7) is 6.67. The molecule has 1 atom stereocenters. The van der Waals surface area contributed by atoms with E-state index in [1.54, 1.807) is 0 Å². The molecular weight excluding hydrogens is 340 g/mol. The van der Waals surface area contributed by atoms with Gasteiger partial charge < -0.3 is 15.0 Å². The molecule has 4 rings (SSSR count). The van der Waals surface area contributed by atoms with E-state index in [-0.39, 0.29) is 29.3 Å². The molecule has 27 heavy (non-hydrogen) atoms. The Bertz CT molecular complexity index is 572. The molecule has 1 heterocycles. The van der Waals surface area contributed by atoms with Crippen molar-refractivity contribution >= 4 is 11.9 Å². The number of hydrogen-bond acceptors (Lipinski definition) is 4. The number of esters is 1. The van der Waals surface area contributed by atoms with Gasteiger partial charge >= 0.3 is 5.97 Å². The Morgan fingerprint density at radius 1 is 1.04 bits per heavy atom. The van der Waals surface area contributed by atoms with Crippen molar-refractivity contribution < 1.29 is 14.3 Å². The van der Waals surface area contributed by atoms with Crippen LogP contribution in [0.5, 0.6) is 0 Å². The first-order valence-corrected chi connectivity index (χ1v) is 11.1. The molecule has 1 saturated heterocycles. The number of amides is 1. The average molecular weight is 377 g/mol. The van der Waals surface area contributed by atoms with Crippen molar-refractivity contribution in [2.45, 2.75) is 89.6 Å². The average Bonchev–Trinajstić information content (AvgIpc) is 3.05. The molecule has 1 amide bonds. The predicted molar refractivity (Wildman–Crippen MR) is 104 cm³/mol. The number of carbonyl (C=O) groups excluding carboxylic acids is 2. The van der Waals surface area contributed by atoms with E-state index in [1.165, 1.54) is 25.7 Å². The maximum Gasteiger partial charge on any atom is 0.308 e. The van der Waals surface area contributed by atoms with Crippen LogP contribution in [0.1, 0.15) is 78.1 Å². The largest absolute Gasteiger partial charge is 0.466 e. The topological polar surface area (TPSA) is 58.6 Å². The van der Waals surface area contributed by atoms with E-state index >= 15 is 0 Å². The highest BCUT2D eigenvalue weighted by Crippen LogP contribution is 2.57. The first-order valence-electron chi connectivity index (χ1n) is 11.1. The van der Waals surface area contributed by atoms with Crippen LogP contribution in [0.2, 0.25) is 0 Å². The van der Waals surface area contributed by atoms with E-state index in [9.17, 15) is 9.59 Å². The highest BCUT2D eigenvalue weighted by molar-refractivity contribution is 5.79. The minimum absolute atomic E-state index is 0.0183. The summed E-state index contributed by atoms with van der Waals surface area (Å²) in [6, 6.07) is 0.666. The van der Waals surface area contributed by atoms with Gasteiger partial charge in [0.15, 0.2) is 0 Å². The zero-order valence-corrected chi connectivity index (χ0v) is 17.1. The summed E-state index contributed by atoms with van der Waals surface area (Å²) < 4.78 is 5.22. The van der Waals surface area contributed by atoms with Gasteiger partial charge in [0.05, 0.1) is 12.5 Å². The number of nitrogens with one attached hydrogen (secondary N) is 1. The maximum absolute atomic E-state index is 12.6. The lowest BCUT2D eigenvalue weighted by atomic mass is 9.63. The second-order valence-electron chi connectivity index (χ2n) is 9.97. The lowest BCUT2D eigenvalue weighted by molar-refractivity contribution is -0.148. The third-order valence-electron chi connectivity index (χ3n) is 7.96. The molecule has 4 aliphatic rings. The minimum Gasteiger partial charge on any atom is -0.466 e. The number of likely N-dealkylation sites (tertiary alicyclic amines) is 1. The van der Waals surface area contributed by atoms with E-state index in [0.29, 0.717) is 18.1 Å². The van der Waals surface area contributed by atoms with Crippen LogP contribution in [0.4, 0.5) is 0 Å². The molecule has 3 saturated carbocycles. The van der Waals surface area contributed by atoms with E-state index in [4.69, 9.17) is 4.74 Å². The van der Waals surface area contributed by atoms with E-state index in [2.05, 4.69) is 17.1 Å². The van der Waals surface area contributed by atoms with Crippen molar-refractivity contribution in [3.05, 3.63) is 0 Å². The van der Waals surface area contributed by atoms with Gasteiger partial charge in [-0.05, 0) is 96.6 Å². The zero-order valence-electron chi connectivity index (χ0n) is 17.1. The van der Waals surface area contributed by atoms with Crippen molar-refractivity contribution in [2.75, 3.05) is 19.7 Å². The third kappa shape index (κ3) is 3.90. The molecular formula is C22H36N2O3. The van der Waals surface area contributed by atoms with Gasteiger partial charge in [0, 0.05) is 17.5 Å². The Kier molecular flexibility index (Phi) is 5.26. The summed E-state index contributed by atoms with van der Waals surface area (Å²) in [6.07, 6.45) is 11.2.